The fraction of sp³-hybridized carbons (Fsp3) is 0.316. The molecule has 0 unspecified atom stereocenters. The first-order chi connectivity index (χ1) is 12.7. The normalized spacial score (nSPS) is 15.2. The molecule has 0 atom stereocenters. The summed E-state index contributed by atoms with van der Waals surface area (Å²) in [4.78, 5) is 22.9. The van der Waals surface area contributed by atoms with E-state index in [-0.39, 0.29) is 11.9 Å². The predicted octanol–water partition coefficient (Wildman–Crippen LogP) is 2.45. The molecule has 1 aliphatic heterocycles. The molecule has 7 nitrogen and oxygen atoms in total. The van der Waals surface area contributed by atoms with Crippen LogP contribution in [0.1, 0.15) is 23.2 Å². The minimum atomic E-state index is 0.0934. The minimum absolute atomic E-state index is 0.0934. The van der Waals surface area contributed by atoms with Crippen molar-refractivity contribution < 1.29 is 9.53 Å². The van der Waals surface area contributed by atoms with Gasteiger partial charge in [0, 0.05) is 43.1 Å². The van der Waals surface area contributed by atoms with E-state index in [0.29, 0.717) is 5.88 Å². The first kappa shape index (κ1) is 16.4. The Kier molecular flexibility index (Phi) is 4.43. The molecular formula is C19H21N5O2. The van der Waals surface area contributed by atoms with Gasteiger partial charge in [-0.1, -0.05) is 6.07 Å². The molecule has 7 heteroatoms. The van der Waals surface area contributed by atoms with Gasteiger partial charge < -0.3 is 19.4 Å². The zero-order chi connectivity index (χ0) is 17.9. The Hall–Kier alpha value is -3.09. The summed E-state index contributed by atoms with van der Waals surface area (Å²) in [7, 11) is 1.58. The van der Waals surface area contributed by atoms with Crippen LogP contribution in [0.25, 0.3) is 5.52 Å². The van der Waals surface area contributed by atoms with Crippen molar-refractivity contribution in [3.8, 4) is 5.88 Å². The highest BCUT2D eigenvalue weighted by atomic mass is 16.5. The fourth-order valence-electron chi connectivity index (χ4n) is 3.32. The molecule has 1 N–H and O–H groups in total. The fourth-order valence-corrected chi connectivity index (χ4v) is 3.32. The van der Waals surface area contributed by atoms with E-state index in [0.717, 1.165) is 42.8 Å². The first-order valence-electron chi connectivity index (χ1n) is 8.71. The Morgan fingerprint density at radius 2 is 2.08 bits per heavy atom. The summed E-state index contributed by atoms with van der Waals surface area (Å²) < 4.78 is 7.10. The predicted molar refractivity (Wildman–Crippen MR) is 98.5 cm³/mol. The van der Waals surface area contributed by atoms with Crippen molar-refractivity contribution in [1.82, 2.24) is 19.3 Å². The smallest absolute Gasteiger partial charge is 0.255 e. The van der Waals surface area contributed by atoms with Crippen LogP contribution in [0.4, 0.5) is 5.82 Å². The van der Waals surface area contributed by atoms with Gasteiger partial charge >= 0.3 is 0 Å². The van der Waals surface area contributed by atoms with E-state index in [1.165, 1.54) is 6.33 Å². The van der Waals surface area contributed by atoms with Gasteiger partial charge in [0.2, 0.25) is 5.88 Å². The number of methoxy groups -OCH3 is 1. The highest BCUT2D eigenvalue weighted by molar-refractivity contribution is 5.95. The average molecular weight is 351 g/mol. The van der Waals surface area contributed by atoms with Gasteiger partial charge in [-0.3, -0.25) is 4.79 Å². The molecule has 1 aliphatic rings. The molecule has 0 spiro atoms. The van der Waals surface area contributed by atoms with E-state index in [1.54, 1.807) is 13.2 Å². The molecule has 1 saturated heterocycles. The largest absolute Gasteiger partial charge is 0.481 e. The summed E-state index contributed by atoms with van der Waals surface area (Å²) in [5, 5.41) is 3.40. The second-order valence-corrected chi connectivity index (χ2v) is 6.42. The maximum atomic E-state index is 12.8. The minimum Gasteiger partial charge on any atom is -0.481 e. The highest BCUT2D eigenvalue weighted by Gasteiger charge is 2.24. The van der Waals surface area contributed by atoms with Crippen LogP contribution < -0.4 is 10.1 Å². The first-order valence-corrected chi connectivity index (χ1v) is 8.71. The number of nitrogens with one attached hydrogen (secondary N) is 1. The topological polar surface area (TPSA) is 71.8 Å². The summed E-state index contributed by atoms with van der Waals surface area (Å²) in [5.41, 5.74) is 1.77. The van der Waals surface area contributed by atoms with Gasteiger partial charge in [0.05, 0.1) is 12.7 Å². The number of hydrogen-bond donors (Lipinski definition) is 1. The van der Waals surface area contributed by atoms with Gasteiger partial charge in [0.15, 0.2) is 0 Å². The van der Waals surface area contributed by atoms with Gasteiger partial charge in [-0.25, -0.2) is 9.97 Å². The number of aromatic nitrogens is 3. The molecule has 3 aromatic rings. The quantitative estimate of drug-likeness (QED) is 0.782. The lowest BCUT2D eigenvalue weighted by atomic mass is 10.0. The second-order valence-electron chi connectivity index (χ2n) is 6.42. The van der Waals surface area contributed by atoms with Crippen LogP contribution in [0.5, 0.6) is 5.88 Å². The molecular weight excluding hydrogens is 330 g/mol. The third-order valence-electron chi connectivity index (χ3n) is 4.74. The number of anilines is 1. The molecule has 0 radical (unpaired) electrons. The number of piperidine rings is 1. The Morgan fingerprint density at radius 1 is 1.23 bits per heavy atom. The van der Waals surface area contributed by atoms with E-state index < -0.39 is 0 Å². The SMILES string of the molecule is COc1cc(NC2CCN(C(=O)c3cc4ccccn4c3)CC2)ncn1. The van der Waals surface area contributed by atoms with Crippen molar-refractivity contribution in [3.05, 3.63) is 54.6 Å². The zero-order valence-corrected chi connectivity index (χ0v) is 14.6. The van der Waals surface area contributed by atoms with Crippen molar-refractivity contribution in [3.63, 3.8) is 0 Å². The van der Waals surface area contributed by atoms with Crippen LogP contribution in [0.15, 0.2) is 49.1 Å². The lowest BCUT2D eigenvalue weighted by molar-refractivity contribution is 0.0718. The number of pyridine rings is 1. The molecule has 0 aromatic carbocycles. The molecule has 0 aliphatic carbocycles. The van der Waals surface area contributed by atoms with Crippen LogP contribution in [0.2, 0.25) is 0 Å². The summed E-state index contributed by atoms with van der Waals surface area (Å²) in [6, 6.07) is 9.95. The molecule has 26 heavy (non-hydrogen) atoms. The Morgan fingerprint density at radius 3 is 2.85 bits per heavy atom. The van der Waals surface area contributed by atoms with Crippen LogP contribution in [0, 0.1) is 0 Å². The van der Waals surface area contributed by atoms with Crippen molar-refractivity contribution in [1.29, 1.82) is 0 Å². The standard InChI is InChI=1S/C19H21N5O2/c1-26-18-11-17(20-13-21-18)22-15-5-8-23(9-6-15)19(25)14-10-16-4-2-3-7-24(16)12-14/h2-4,7,10-13,15H,5-6,8-9H2,1H3,(H,20,21,22). The van der Waals surface area contributed by atoms with E-state index in [9.17, 15) is 4.79 Å². The maximum absolute atomic E-state index is 12.8. The van der Waals surface area contributed by atoms with Crippen LogP contribution in [-0.2, 0) is 0 Å². The zero-order valence-electron chi connectivity index (χ0n) is 14.6. The van der Waals surface area contributed by atoms with Gasteiger partial charge in [-0.05, 0) is 31.0 Å². The van der Waals surface area contributed by atoms with Crippen molar-refractivity contribution in [2.24, 2.45) is 0 Å². The van der Waals surface area contributed by atoms with E-state index >= 15 is 0 Å². The van der Waals surface area contributed by atoms with E-state index in [1.807, 2.05) is 46.0 Å². The summed E-state index contributed by atoms with van der Waals surface area (Å²) in [6.07, 6.45) is 7.10. The van der Waals surface area contributed by atoms with Crippen molar-refractivity contribution in [2.45, 2.75) is 18.9 Å². The van der Waals surface area contributed by atoms with E-state index in [4.69, 9.17) is 4.74 Å². The summed E-state index contributed by atoms with van der Waals surface area (Å²) >= 11 is 0. The summed E-state index contributed by atoms with van der Waals surface area (Å²) in [6.45, 7) is 1.45. The molecule has 4 heterocycles. The van der Waals surface area contributed by atoms with Gasteiger partial charge in [0.1, 0.15) is 12.1 Å². The number of likely N-dealkylation sites (tertiary alicyclic amines) is 1. The molecule has 134 valence electrons. The number of nitrogens with zero attached hydrogens (tertiary/aromatic N) is 4. The van der Waals surface area contributed by atoms with Crippen molar-refractivity contribution in [2.75, 3.05) is 25.5 Å². The van der Waals surface area contributed by atoms with Crippen LogP contribution >= 0.6 is 0 Å². The number of carbonyl (C=O) groups is 1. The highest BCUT2D eigenvalue weighted by Crippen LogP contribution is 2.19. The van der Waals surface area contributed by atoms with E-state index in [2.05, 4.69) is 15.3 Å². The lowest BCUT2D eigenvalue weighted by Gasteiger charge is -2.32. The molecule has 4 rings (SSSR count). The lowest BCUT2D eigenvalue weighted by Crippen LogP contribution is -2.42. The van der Waals surface area contributed by atoms with Crippen LogP contribution in [0.3, 0.4) is 0 Å². The third-order valence-corrected chi connectivity index (χ3v) is 4.74. The molecule has 0 bridgehead atoms. The van der Waals surface area contributed by atoms with Gasteiger partial charge in [-0.2, -0.15) is 0 Å². The number of hydrogen-bond acceptors (Lipinski definition) is 5. The molecule has 3 aromatic heterocycles. The Bertz CT molecular complexity index is 882. The number of fused-ring (bicyclic) bond motifs is 1. The van der Waals surface area contributed by atoms with Crippen LogP contribution in [-0.4, -0.2) is 51.4 Å². The Balaban J connectivity index is 1.37. The number of rotatable bonds is 4. The monoisotopic (exact) mass is 351 g/mol. The van der Waals surface area contributed by atoms with Gasteiger partial charge in [0.25, 0.3) is 5.91 Å². The average Bonchev–Trinajstić information content (AvgIpc) is 3.12. The van der Waals surface area contributed by atoms with Gasteiger partial charge in [-0.15, -0.1) is 0 Å². The van der Waals surface area contributed by atoms with Crippen molar-refractivity contribution >= 4 is 17.2 Å². The number of carbonyl (C=O) groups excluding carboxylic acids is 1. The molecule has 0 saturated carbocycles. The number of ether oxygens (including phenoxy) is 1. The summed E-state index contributed by atoms with van der Waals surface area (Å²) in [5.74, 6) is 1.38. The molecule has 1 amide bonds. The maximum Gasteiger partial charge on any atom is 0.255 e. The molecule has 1 fully saturated rings. The Labute approximate surface area is 151 Å². The third kappa shape index (κ3) is 3.33. The second kappa shape index (κ2) is 7.03. The number of amides is 1.